The Kier molecular flexibility index (Phi) is 4.40. The van der Waals surface area contributed by atoms with Crippen LogP contribution in [0.1, 0.15) is 18.4 Å². The summed E-state index contributed by atoms with van der Waals surface area (Å²) in [5.74, 6) is 1.18. The Labute approximate surface area is 104 Å². The van der Waals surface area contributed by atoms with Crippen molar-refractivity contribution >= 4 is 11.8 Å². The maximum absolute atomic E-state index is 13.4. The summed E-state index contributed by atoms with van der Waals surface area (Å²) in [7, 11) is 0. The number of benzene rings is 1. The van der Waals surface area contributed by atoms with Crippen LogP contribution in [0.2, 0.25) is 0 Å². The van der Waals surface area contributed by atoms with E-state index in [1.54, 1.807) is 0 Å². The molecule has 0 aliphatic carbocycles. The number of halogens is 2. The monoisotopic (exact) mass is 258 g/mol. The Hall–Kier alpha value is -0.610. The van der Waals surface area contributed by atoms with Crippen molar-refractivity contribution in [3.63, 3.8) is 0 Å². The van der Waals surface area contributed by atoms with Crippen molar-refractivity contribution < 1.29 is 13.9 Å². The average Bonchev–Trinajstić information content (AvgIpc) is 2.34. The fourth-order valence-electron chi connectivity index (χ4n) is 2.15. The Morgan fingerprint density at radius 2 is 2.24 bits per heavy atom. The highest BCUT2D eigenvalue weighted by Gasteiger charge is 2.23. The van der Waals surface area contributed by atoms with Crippen LogP contribution in [-0.2, 0) is 6.42 Å². The minimum absolute atomic E-state index is 0.234. The van der Waals surface area contributed by atoms with E-state index in [9.17, 15) is 13.9 Å². The van der Waals surface area contributed by atoms with Crippen molar-refractivity contribution in [2.75, 3.05) is 11.5 Å². The molecule has 2 rings (SSSR count). The standard InChI is InChI=1S/C13H16F2OS/c14-11-4-3-9(12(15)7-11)6-13(16)10-2-1-5-17-8-10/h3-4,7,10,13,16H,1-2,5-6,8H2. The Bertz CT molecular complexity index is 378. The van der Waals surface area contributed by atoms with Gasteiger partial charge in [-0.05, 0) is 41.9 Å². The van der Waals surface area contributed by atoms with Gasteiger partial charge in [0.05, 0.1) is 6.10 Å². The Morgan fingerprint density at radius 3 is 2.88 bits per heavy atom. The van der Waals surface area contributed by atoms with E-state index in [1.807, 2.05) is 11.8 Å². The number of rotatable bonds is 3. The molecule has 0 saturated carbocycles. The second-order valence-corrected chi connectivity index (χ2v) is 5.63. The minimum atomic E-state index is -0.575. The van der Waals surface area contributed by atoms with Crippen LogP contribution in [0.4, 0.5) is 8.78 Å². The normalized spacial score (nSPS) is 22.4. The summed E-state index contributed by atoms with van der Waals surface area (Å²) in [6.07, 6.45) is 1.86. The van der Waals surface area contributed by atoms with Gasteiger partial charge in [-0.2, -0.15) is 11.8 Å². The maximum Gasteiger partial charge on any atom is 0.129 e. The molecule has 17 heavy (non-hydrogen) atoms. The van der Waals surface area contributed by atoms with E-state index in [4.69, 9.17) is 0 Å². The van der Waals surface area contributed by atoms with Crippen LogP contribution in [0.5, 0.6) is 0 Å². The molecule has 1 aliphatic rings. The number of hydrogen-bond acceptors (Lipinski definition) is 2. The second-order valence-electron chi connectivity index (χ2n) is 4.48. The molecule has 0 bridgehead atoms. The van der Waals surface area contributed by atoms with E-state index < -0.39 is 17.7 Å². The fourth-order valence-corrected chi connectivity index (χ4v) is 3.38. The lowest BCUT2D eigenvalue weighted by Gasteiger charge is -2.26. The zero-order valence-corrected chi connectivity index (χ0v) is 10.4. The first kappa shape index (κ1) is 12.8. The third-order valence-corrected chi connectivity index (χ3v) is 4.43. The van der Waals surface area contributed by atoms with Crippen molar-refractivity contribution in [2.45, 2.75) is 25.4 Å². The molecule has 0 radical (unpaired) electrons. The van der Waals surface area contributed by atoms with E-state index in [2.05, 4.69) is 0 Å². The molecule has 4 heteroatoms. The van der Waals surface area contributed by atoms with E-state index >= 15 is 0 Å². The van der Waals surface area contributed by atoms with Crippen LogP contribution in [-0.4, -0.2) is 22.7 Å². The summed E-state index contributed by atoms with van der Waals surface area (Å²) >= 11 is 1.83. The fraction of sp³-hybridized carbons (Fsp3) is 0.538. The largest absolute Gasteiger partial charge is 0.392 e. The highest BCUT2D eigenvalue weighted by molar-refractivity contribution is 7.99. The van der Waals surface area contributed by atoms with Crippen LogP contribution in [0.3, 0.4) is 0 Å². The Balaban J connectivity index is 1.99. The van der Waals surface area contributed by atoms with Gasteiger partial charge in [-0.25, -0.2) is 8.78 Å². The smallest absolute Gasteiger partial charge is 0.129 e. The lowest BCUT2D eigenvalue weighted by atomic mass is 9.93. The number of thioether (sulfide) groups is 1. The molecule has 1 saturated heterocycles. The van der Waals surface area contributed by atoms with E-state index in [0.717, 1.165) is 30.4 Å². The van der Waals surface area contributed by atoms with Crippen molar-refractivity contribution in [2.24, 2.45) is 5.92 Å². The molecule has 1 aliphatic heterocycles. The third-order valence-electron chi connectivity index (χ3n) is 3.18. The van der Waals surface area contributed by atoms with Gasteiger partial charge in [0.2, 0.25) is 0 Å². The lowest BCUT2D eigenvalue weighted by Crippen LogP contribution is -2.27. The van der Waals surface area contributed by atoms with Crippen LogP contribution in [0.15, 0.2) is 18.2 Å². The predicted molar refractivity (Wildman–Crippen MR) is 66.1 cm³/mol. The van der Waals surface area contributed by atoms with Gasteiger partial charge in [-0.15, -0.1) is 0 Å². The van der Waals surface area contributed by atoms with Crippen LogP contribution in [0, 0.1) is 17.6 Å². The van der Waals surface area contributed by atoms with Gasteiger partial charge in [0.1, 0.15) is 11.6 Å². The van der Waals surface area contributed by atoms with Gasteiger partial charge in [0.25, 0.3) is 0 Å². The first-order valence-corrected chi connectivity index (χ1v) is 7.02. The Morgan fingerprint density at radius 1 is 1.41 bits per heavy atom. The van der Waals surface area contributed by atoms with E-state index in [0.29, 0.717) is 5.56 Å². The maximum atomic E-state index is 13.4. The molecule has 2 unspecified atom stereocenters. The van der Waals surface area contributed by atoms with Gasteiger partial charge in [0, 0.05) is 12.5 Å². The average molecular weight is 258 g/mol. The summed E-state index contributed by atoms with van der Waals surface area (Å²) in [5.41, 5.74) is 0.398. The first-order valence-electron chi connectivity index (χ1n) is 5.86. The van der Waals surface area contributed by atoms with Crippen molar-refractivity contribution in [1.29, 1.82) is 0 Å². The van der Waals surface area contributed by atoms with Crippen molar-refractivity contribution in [1.82, 2.24) is 0 Å². The minimum Gasteiger partial charge on any atom is -0.392 e. The second kappa shape index (κ2) is 5.83. The highest BCUT2D eigenvalue weighted by Crippen LogP contribution is 2.27. The quantitative estimate of drug-likeness (QED) is 0.899. The molecule has 2 atom stereocenters. The summed E-state index contributed by atoms with van der Waals surface area (Å²) in [6, 6.07) is 3.53. The van der Waals surface area contributed by atoms with Crippen LogP contribution in [0.25, 0.3) is 0 Å². The molecule has 0 spiro atoms. The number of aliphatic hydroxyl groups excluding tert-OH is 1. The first-order chi connectivity index (χ1) is 8.16. The molecule has 1 nitrogen and oxygen atoms in total. The number of aliphatic hydroxyl groups is 1. The molecule has 94 valence electrons. The van der Waals surface area contributed by atoms with Crippen molar-refractivity contribution in [3.8, 4) is 0 Å². The zero-order chi connectivity index (χ0) is 12.3. The summed E-state index contributed by atoms with van der Waals surface area (Å²) < 4.78 is 26.2. The third kappa shape index (κ3) is 3.42. The molecule has 1 N–H and O–H groups in total. The molecular weight excluding hydrogens is 242 g/mol. The van der Waals surface area contributed by atoms with Crippen LogP contribution < -0.4 is 0 Å². The van der Waals surface area contributed by atoms with Gasteiger partial charge in [-0.3, -0.25) is 0 Å². The zero-order valence-electron chi connectivity index (χ0n) is 9.53. The molecule has 1 heterocycles. The van der Waals surface area contributed by atoms with Crippen LogP contribution >= 0.6 is 11.8 Å². The lowest BCUT2D eigenvalue weighted by molar-refractivity contribution is 0.112. The molecule has 1 fully saturated rings. The van der Waals surface area contributed by atoms with E-state index in [1.165, 1.54) is 12.1 Å². The number of hydrogen-bond donors (Lipinski definition) is 1. The summed E-state index contributed by atoms with van der Waals surface area (Å²) in [5, 5.41) is 10.0. The molecule has 0 amide bonds. The van der Waals surface area contributed by atoms with Gasteiger partial charge < -0.3 is 5.11 Å². The molecule has 1 aromatic rings. The summed E-state index contributed by atoms with van der Waals surface area (Å²) in [4.78, 5) is 0. The molecule has 0 aromatic heterocycles. The van der Waals surface area contributed by atoms with Gasteiger partial charge in [-0.1, -0.05) is 6.07 Å². The SMILES string of the molecule is OC(Cc1ccc(F)cc1F)C1CCCSC1. The van der Waals surface area contributed by atoms with Gasteiger partial charge >= 0.3 is 0 Å². The molecular formula is C13H16F2OS. The summed E-state index contributed by atoms with van der Waals surface area (Å²) in [6.45, 7) is 0. The van der Waals surface area contributed by atoms with Gasteiger partial charge in [0.15, 0.2) is 0 Å². The predicted octanol–water partition coefficient (Wildman–Crippen LogP) is 3.01. The molecule has 1 aromatic carbocycles. The van der Waals surface area contributed by atoms with Crippen molar-refractivity contribution in [3.05, 3.63) is 35.4 Å². The van der Waals surface area contributed by atoms with E-state index in [-0.39, 0.29) is 12.3 Å². The highest BCUT2D eigenvalue weighted by atomic mass is 32.2. The topological polar surface area (TPSA) is 20.2 Å².